The van der Waals surface area contributed by atoms with Gasteiger partial charge in [-0.25, -0.2) is 0 Å². The van der Waals surface area contributed by atoms with Crippen molar-refractivity contribution in [2.75, 3.05) is 7.11 Å². The summed E-state index contributed by atoms with van der Waals surface area (Å²) in [6.45, 7) is 2.13. The molecule has 2 aliphatic rings. The molecule has 1 N–H and O–H groups in total. The number of esters is 1. The van der Waals surface area contributed by atoms with Crippen LogP contribution in [0.2, 0.25) is 10.0 Å². The van der Waals surface area contributed by atoms with E-state index in [2.05, 4.69) is 6.92 Å². The van der Waals surface area contributed by atoms with Crippen molar-refractivity contribution >= 4 is 29.2 Å². The Morgan fingerprint density at radius 3 is 2.59 bits per heavy atom. The maximum Gasteiger partial charge on any atom is 0.309 e. The highest BCUT2D eigenvalue weighted by atomic mass is 35.5. The number of ether oxygens (including phenoxy) is 1. The Labute approximate surface area is 140 Å². The van der Waals surface area contributed by atoms with Gasteiger partial charge in [0.05, 0.1) is 29.2 Å². The molecule has 120 valence electrons. The first kappa shape index (κ1) is 16.1. The number of benzene rings is 1. The lowest BCUT2D eigenvalue weighted by molar-refractivity contribution is -0.150. The third kappa shape index (κ3) is 2.53. The highest BCUT2D eigenvalue weighted by molar-refractivity contribution is 6.42. The first-order chi connectivity index (χ1) is 10.4. The molecule has 0 amide bonds. The van der Waals surface area contributed by atoms with E-state index in [-0.39, 0.29) is 35.7 Å². The summed E-state index contributed by atoms with van der Waals surface area (Å²) in [5.74, 6) is 0.306. The van der Waals surface area contributed by atoms with Crippen molar-refractivity contribution in [3.05, 3.63) is 33.8 Å². The fraction of sp³-hybridized carbons (Fsp3) is 0.588. The first-order valence-electron chi connectivity index (χ1n) is 7.65. The second-order valence-corrected chi connectivity index (χ2v) is 7.37. The zero-order valence-corrected chi connectivity index (χ0v) is 14.1. The van der Waals surface area contributed by atoms with E-state index in [1.54, 1.807) is 6.07 Å². The molecular formula is C17H20Cl2O3. The van der Waals surface area contributed by atoms with Crippen LogP contribution in [-0.2, 0) is 9.53 Å². The highest BCUT2D eigenvalue weighted by Crippen LogP contribution is 2.55. The fourth-order valence-electron chi connectivity index (χ4n) is 4.48. The van der Waals surface area contributed by atoms with Crippen LogP contribution in [-0.4, -0.2) is 24.3 Å². The number of methoxy groups -OCH3 is 1. The molecule has 22 heavy (non-hydrogen) atoms. The van der Waals surface area contributed by atoms with E-state index in [0.29, 0.717) is 22.4 Å². The zero-order valence-electron chi connectivity index (χ0n) is 12.6. The predicted octanol–water partition coefficient (Wildman–Crippen LogP) is 3.90. The van der Waals surface area contributed by atoms with Crippen LogP contribution in [0.15, 0.2) is 18.2 Å². The number of rotatable bonds is 2. The van der Waals surface area contributed by atoms with Gasteiger partial charge in [0.15, 0.2) is 0 Å². The van der Waals surface area contributed by atoms with Crippen LogP contribution in [0.4, 0.5) is 0 Å². The summed E-state index contributed by atoms with van der Waals surface area (Å²) in [4.78, 5) is 12.4. The van der Waals surface area contributed by atoms with E-state index in [9.17, 15) is 9.90 Å². The molecule has 2 aliphatic carbocycles. The van der Waals surface area contributed by atoms with Gasteiger partial charge in [-0.3, -0.25) is 4.79 Å². The third-order valence-corrected chi connectivity index (χ3v) is 6.36. The van der Waals surface area contributed by atoms with E-state index < -0.39 is 0 Å². The van der Waals surface area contributed by atoms with Gasteiger partial charge < -0.3 is 9.84 Å². The normalized spacial score (nSPS) is 37.1. The van der Waals surface area contributed by atoms with Crippen LogP contribution >= 0.6 is 23.2 Å². The van der Waals surface area contributed by atoms with Gasteiger partial charge in [-0.2, -0.15) is 0 Å². The summed E-state index contributed by atoms with van der Waals surface area (Å²) in [5, 5.41) is 11.3. The lowest BCUT2D eigenvalue weighted by Crippen LogP contribution is -2.38. The second-order valence-electron chi connectivity index (χ2n) is 6.55. The lowest BCUT2D eigenvalue weighted by atomic mass is 9.65. The summed E-state index contributed by atoms with van der Waals surface area (Å²) in [6.07, 6.45) is 1.11. The molecule has 0 aliphatic heterocycles. The van der Waals surface area contributed by atoms with Gasteiger partial charge in [0, 0.05) is 0 Å². The number of fused-ring (bicyclic) bond motifs is 2. The van der Waals surface area contributed by atoms with Gasteiger partial charge in [-0.15, -0.1) is 0 Å². The SMILES string of the molecule is COC(=O)[C@H]1[C@@H](c2ccc(Cl)c(Cl)c2)C[C@H]2C(C)[C@@H]1C[C@@H]2O. The van der Waals surface area contributed by atoms with Crippen molar-refractivity contribution in [2.24, 2.45) is 23.7 Å². The van der Waals surface area contributed by atoms with E-state index in [1.165, 1.54) is 7.11 Å². The van der Waals surface area contributed by atoms with Crippen molar-refractivity contribution in [2.45, 2.75) is 31.8 Å². The Bertz CT molecular complexity index is 589. The van der Waals surface area contributed by atoms with Gasteiger partial charge in [0.1, 0.15) is 0 Å². The number of hydrogen-bond acceptors (Lipinski definition) is 3. The molecule has 1 aromatic rings. The van der Waals surface area contributed by atoms with Gasteiger partial charge in [0.2, 0.25) is 0 Å². The van der Waals surface area contributed by atoms with E-state index in [0.717, 1.165) is 12.0 Å². The summed E-state index contributed by atoms with van der Waals surface area (Å²) >= 11 is 12.1. The Balaban J connectivity index is 2.00. The van der Waals surface area contributed by atoms with Crippen LogP contribution < -0.4 is 0 Å². The summed E-state index contributed by atoms with van der Waals surface area (Å²) in [6, 6.07) is 5.53. The molecule has 2 fully saturated rings. The zero-order chi connectivity index (χ0) is 16.0. The van der Waals surface area contributed by atoms with Crippen molar-refractivity contribution in [1.82, 2.24) is 0 Å². The molecule has 3 nitrogen and oxygen atoms in total. The monoisotopic (exact) mass is 342 g/mol. The van der Waals surface area contributed by atoms with Crippen molar-refractivity contribution in [3.63, 3.8) is 0 Å². The van der Waals surface area contributed by atoms with E-state index in [4.69, 9.17) is 27.9 Å². The van der Waals surface area contributed by atoms with E-state index in [1.807, 2.05) is 12.1 Å². The molecule has 3 rings (SSSR count). The summed E-state index contributed by atoms with van der Waals surface area (Å²) < 4.78 is 5.05. The molecule has 2 bridgehead atoms. The summed E-state index contributed by atoms with van der Waals surface area (Å²) in [5.41, 5.74) is 1.00. The lowest BCUT2D eigenvalue weighted by Gasteiger charge is -2.39. The number of halogens is 2. The van der Waals surface area contributed by atoms with Gasteiger partial charge >= 0.3 is 5.97 Å². The predicted molar refractivity (Wildman–Crippen MR) is 86.1 cm³/mol. The molecular weight excluding hydrogens is 323 g/mol. The van der Waals surface area contributed by atoms with Crippen molar-refractivity contribution in [1.29, 1.82) is 0 Å². The van der Waals surface area contributed by atoms with Crippen LogP contribution in [0.3, 0.4) is 0 Å². The molecule has 1 aromatic carbocycles. The van der Waals surface area contributed by atoms with Crippen LogP contribution in [0.5, 0.6) is 0 Å². The molecule has 5 heteroatoms. The quantitative estimate of drug-likeness (QED) is 0.829. The minimum absolute atomic E-state index is 0.0190. The fourth-order valence-corrected chi connectivity index (χ4v) is 4.79. The largest absolute Gasteiger partial charge is 0.469 e. The Morgan fingerprint density at radius 2 is 1.95 bits per heavy atom. The van der Waals surface area contributed by atoms with Crippen molar-refractivity contribution < 1.29 is 14.6 Å². The molecule has 6 atom stereocenters. The standard InChI is InChI=1S/C17H20Cl2O3/c1-8-10-6-12(9-3-4-13(18)14(19)5-9)16(17(21)22-2)11(8)7-15(10)20/h3-5,8,10-12,15-16,20H,6-7H2,1-2H3/t8?,10-,11-,12+,15-,16+/m0/s1. The summed E-state index contributed by atoms with van der Waals surface area (Å²) in [7, 11) is 1.43. The molecule has 1 unspecified atom stereocenters. The van der Waals surface area contributed by atoms with Gasteiger partial charge in [-0.1, -0.05) is 36.2 Å². The van der Waals surface area contributed by atoms with Gasteiger partial charge in [0.25, 0.3) is 0 Å². The van der Waals surface area contributed by atoms with Crippen LogP contribution in [0, 0.1) is 23.7 Å². The molecule has 0 heterocycles. The maximum atomic E-state index is 12.4. The van der Waals surface area contributed by atoms with Crippen LogP contribution in [0.25, 0.3) is 0 Å². The Kier molecular flexibility index (Phi) is 4.41. The molecule has 0 saturated heterocycles. The number of aliphatic hydroxyl groups excluding tert-OH is 1. The second kappa shape index (κ2) is 6.03. The first-order valence-corrected chi connectivity index (χ1v) is 8.40. The number of carbonyl (C=O) groups excluding carboxylic acids is 1. The molecule has 0 spiro atoms. The number of hydrogen-bond donors (Lipinski definition) is 1. The number of aliphatic hydroxyl groups is 1. The number of carbonyl (C=O) groups is 1. The molecule has 0 radical (unpaired) electrons. The maximum absolute atomic E-state index is 12.4. The molecule has 0 aromatic heterocycles. The minimum atomic E-state index is -0.333. The van der Waals surface area contributed by atoms with Gasteiger partial charge in [-0.05, 0) is 54.2 Å². The van der Waals surface area contributed by atoms with Crippen LogP contribution in [0.1, 0.15) is 31.2 Å². The average molecular weight is 343 g/mol. The Morgan fingerprint density at radius 1 is 1.23 bits per heavy atom. The topological polar surface area (TPSA) is 46.5 Å². The van der Waals surface area contributed by atoms with Crippen molar-refractivity contribution in [3.8, 4) is 0 Å². The smallest absolute Gasteiger partial charge is 0.309 e. The minimum Gasteiger partial charge on any atom is -0.469 e. The average Bonchev–Trinajstić information content (AvgIpc) is 2.68. The molecule has 2 saturated carbocycles. The van der Waals surface area contributed by atoms with E-state index >= 15 is 0 Å². The Hall–Kier alpha value is -0.770. The third-order valence-electron chi connectivity index (χ3n) is 5.62. The highest BCUT2D eigenvalue weighted by Gasteiger charge is 2.54.